The molecule has 19 heavy (non-hydrogen) atoms. The van der Waals surface area contributed by atoms with Crippen molar-refractivity contribution in [2.24, 2.45) is 0 Å². The van der Waals surface area contributed by atoms with Gasteiger partial charge >= 0.3 is 0 Å². The topological polar surface area (TPSA) is 29.5 Å². The van der Waals surface area contributed by atoms with E-state index >= 15 is 0 Å². The van der Waals surface area contributed by atoms with Crippen LogP contribution in [0.25, 0.3) is 11.1 Å². The Hall–Kier alpha value is -2.13. The number of carbonyl (C=O) groups excluding carboxylic acids is 1. The SMILES string of the molecule is O=C(c1ccc(-c2ccccc2)cc1)N1CCOC1. The molecule has 0 atom stereocenters. The number of hydrogen-bond donors (Lipinski definition) is 0. The Morgan fingerprint density at radius 1 is 0.947 bits per heavy atom. The minimum absolute atomic E-state index is 0.0390. The third-order valence-electron chi connectivity index (χ3n) is 3.28. The standard InChI is InChI=1S/C16H15NO2/c18-16(17-10-11-19-12-17)15-8-6-14(7-9-15)13-4-2-1-3-5-13/h1-9H,10-12H2. The summed E-state index contributed by atoms with van der Waals surface area (Å²) in [5, 5.41) is 0. The summed E-state index contributed by atoms with van der Waals surface area (Å²) in [7, 11) is 0. The molecule has 2 aromatic carbocycles. The highest BCUT2D eigenvalue weighted by Gasteiger charge is 2.19. The lowest BCUT2D eigenvalue weighted by atomic mass is 10.0. The van der Waals surface area contributed by atoms with Gasteiger partial charge in [0.15, 0.2) is 0 Å². The van der Waals surface area contributed by atoms with E-state index in [1.165, 1.54) is 0 Å². The average molecular weight is 253 g/mol. The lowest BCUT2D eigenvalue weighted by molar-refractivity contribution is 0.0695. The molecule has 1 aliphatic rings. The minimum atomic E-state index is 0.0390. The van der Waals surface area contributed by atoms with E-state index in [2.05, 4.69) is 12.1 Å². The van der Waals surface area contributed by atoms with E-state index in [1.807, 2.05) is 42.5 Å². The van der Waals surface area contributed by atoms with Gasteiger partial charge in [0.1, 0.15) is 6.73 Å². The number of carbonyl (C=O) groups is 1. The predicted octanol–water partition coefficient (Wildman–Crippen LogP) is 2.78. The molecule has 1 fully saturated rings. The van der Waals surface area contributed by atoms with E-state index in [9.17, 15) is 4.79 Å². The monoisotopic (exact) mass is 253 g/mol. The van der Waals surface area contributed by atoms with Crippen LogP contribution in [0.3, 0.4) is 0 Å². The first-order chi connectivity index (χ1) is 9.34. The lowest BCUT2D eigenvalue weighted by Gasteiger charge is -2.13. The molecule has 2 aromatic rings. The fraction of sp³-hybridized carbons (Fsp3) is 0.188. The second-order valence-electron chi connectivity index (χ2n) is 4.55. The van der Waals surface area contributed by atoms with Gasteiger partial charge in [-0.05, 0) is 23.3 Å². The van der Waals surface area contributed by atoms with Gasteiger partial charge in [0.2, 0.25) is 0 Å². The van der Waals surface area contributed by atoms with Crippen molar-refractivity contribution < 1.29 is 9.53 Å². The fourth-order valence-electron chi connectivity index (χ4n) is 2.19. The zero-order chi connectivity index (χ0) is 13.1. The van der Waals surface area contributed by atoms with E-state index < -0.39 is 0 Å². The highest BCUT2D eigenvalue weighted by Crippen LogP contribution is 2.20. The molecular weight excluding hydrogens is 238 g/mol. The molecule has 0 N–H and O–H groups in total. The van der Waals surface area contributed by atoms with Crippen molar-refractivity contribution in [2.75, 3.05) is 19.9 Å². The minimum Gasteiger partial charge on any atom is -0.359 e. The van der Waals surface area contributed by atoms with Crippen molar-refractivity contribution in [1.29, 1.82) is 0 Å². The highest BCUT2D eigenvalue weighted by molar-refractivity contribution is 5.94. The molecule has 0 saturated carbocycles. The highest BCUT2D eigenvalue weighted by atomic mass is 16.5. The molecule has 0 aromatic heterocycles. The van der Waals surface area contributed by atoms with Crippen LogP contribution in [0.15, 0.2) is 54.6 Å². The molecule has 0 unspecified atom stereocenters. The Labute approximate surface area is 112 Å². The second-order valence-corrected chi connectivity index (χ2v) is 4.55. The first-order valence-electron chi connectivity index (χ1n) is 6.37. The zero-order valence-corrected chi connectivity index (χ0v) is 10.6. The van der Waals surface area contributed by atoms with Crippen molar-refractivity contribution in [1.82, 2.24) is 4.90 Å². The summed E-state index contributed by atoms with van der Waals surface area (Å²) >= 11 is 0. The molecule has 1 heterocycles. The van der Waals surface area contributed by atoms with Gasteiger partial charge < -0.3 is 9.64 Å². The number of benzene rings is 2. The van der Waals surface area contributed by atoms with Crippen molar-refractivity contribution in [3.63, 3.8) is 0 Å². The van der Waals surface area contributed by atoms with E-state index in [-0.39, 0.29) is 5.91 Å². The molecule has 3 heteroatoms. The molecule has 0 aliphatic carbocycles. The Morgan fingerprint density at radius 3 is 2.26 bits per heavy atom. The van der Waals surface area contributed by atoms with Crippen LogP contribution in [0.4, 0.5) is 0 Å². The molecule has 1 aliphatic heterocycles. The van der Waals surface area contributed by atoms with Crippen LogP contribution < -0.4 is 0 Å². The van der Waals surface area contributed by atoms with Crippen molar-refractivity contribution in [2.45, 2.75) is 0 Å². The molecule has 3 nitrogen and oxygen atoms in total. The molecule has 1 amide bonds. The maximum Gasteiger partial charge on any atom is 0.255 e. The summed E-state index contributed by atoms with van der Waals surface area (Å²) in [6, 6.07) is 17.9. The fourth-order valence-corrected chi connectivity index (χ4v) is 2.19. The maximum absolute atomic E-state index is 12.1. The summed E-state index contributed by atoms with van der Waals surface area (Å²) in [6.07, 6.45) is 0. The van der Waals surface area contributed by atoms with Crippen molar-refractivity contribution in [3.8, 4) is 11.1 Å². The second kappa shape index (κ2) is 5.24. The van der Waals surface area contributed by atoms with E-state index in [1.54, 1.807) is 4.90 Å². The predicted molar refractivity (Wildman–Crippen MR) is 73.7 cm³/mol. The third-order valence-corrected chi connectivity index (χ3v) is 3.28. The Morgan fingerprint density at radius 2 is 1.63 bits per heavy atom. The van der Waals surface area contributed by atoms with Gasteiger partial charge in [0.25, 0.3) is 5.91 Å². The van der Waals surface area contributed by atoms with Crippen molar-refractivity contribution in [3.05, 3.63) is 60.2 Å². The molecule has 0 spiro atoms. The number of amides is 1. The summed E-state index contributed by atoms with van der Waals surface area (Å²) in [6.45, 7) is 1.71. The smallest absolute Gasteiger partial charge is 0.255 e. The number of nitrogens with zero attached hydrogens (tertiary/aromatic N) is 1. The van der Waals surface area contributed by atoms with Gasteiger partial charge in [0.05, 0.1) is 6.61 Å². The van der Waals surface area contributed by atoms with Crippen LogP contribution in [-0.2, 0) is 4.74 Å². The molecule has 96 valence electrons. The first-order valence-corrected chi connectivity index (χ1v) is 6.37. The van der Waals surface area contributed by atoms with Crippen LogP contribution >= 0.6 is 0 Å². The van der Waals surface area contributed by atoms with Crippen molar-refractivity contribution >= 4 is 5.91 Å². The third kappa shape index (κ3) is 2.51. The van der Waals surface area contributed by atoms with Gasteiger partial charge in [-0.25, -0.2) is 0 Å². The molecule has 3 rings (SSSR count). The molecular formula is C16H15NO2. The van der Waals surface area contributed by atoms with Crippen LogP contribution in [0.5, 0.6) is 0 Å². The van der Waals surface area contributed by atoms with Crippen LogP contribution in [0, 0.1) is 0 Å². The van der Waals surface area contributed by atoms with E-state index in [0.29, 0.717) is 25.4 Å². The summed E-state index contributed by atoms with van der Waals surface area (Å²) in [5.74, 6) is 0.0390. The van der Waals surface area contributed by atoms with Crippen LogP contribution in [0.1, 0.15) is 10.4 Å². The van der Waals surface area contributed by atoms with Gasteiger partial charge in [-0.1, -0.05) is 42.5 Å². The Bertz CT molecular complexity index is 557. The van der Waals surface area contributed by atoms with E-state index in [4.69, 9.17) is 4.74 Å². The number of rotatable bonds is 2. The molecule has 1 saturated heterocycles. The quantitative estimate of drug-likeness (QED) is 0.823. The number of hydrogen-bond acceptors (Lipinski definition) is 2. The number of ether oxygens (including phenoxy) is 1. The van der Waals surface area contributed by atoms with Crippen LogP contribution in [-0.4, -0.2) is 30.7 Å². The average Bonchev–Trinajstić information content (AvgIpc) is 3.02. The molecule has 0 radical (unpaired) electrons. The van der Waals surface area contributed by atoms with Gasteiger partial charge in [-0.3, -0.25) is 4.79 Å². The first kappa shape index (κ1) is 11.9. The summed E-state index contributed by atoms with van der Waals surface area (Å²) in [4.78, 5) is 13.9. The summed E-state index contributed by atoms with van der Waals surface area (Å²) < 4.78 is 5.20. The normalized spacial score (nSPS) is 14.6. The Balaban J connectivity index is 1.81. The summed E-state index contributed by atoms with van der Waals surface area (Å²) in [5.41, 5.74) is 2.99. The van der Waals surface area contributed by atoms with E-state index in [0.717, 1.165) is 11.1 Å². The van der Waals surface area contributed by atoms with Crippen LogP contribution in [0.2, 0.25) is 0 Å². The largest absolute Gasteiger partial charge is 0.359 e. The zero-order valence-electron chi connectivity index (χ0n) is 10.6. The van der Waals surface area contributed by atoms with Gasteiger partial charge in [0, 0.05) is 12.1 Å². The maximum atomic E-state index is 12.1. The Kier molecular flexibility index (Phi) is 3.29. The van der Waals surface area contributed by atoms with Gasteiger partial charge in [-0.2, -0.15) is 0 Å². The molecule has 0 bridgehead atoms. The lowest BCUT2D eigenvalue weighted by Crippen LogP contribution is -2.28. The van der Waals surface area contributed by atoms with Gasteiger partial charge in [-0.15, -0.1) is 0 Å².